The molecule has 1 aromatic rings. The number of carbonyl (C=O) groups is 1. The van der Waals surface area contributed by atoms with Crippen LogP contribution in [0.5, 0.6) is 0 Å². The lowest BCUT2D eigenvalue weighted by Gasteiger charge is -2.39. The summed E-state index contributed by atoms with van der Waals surface area (Å²) >= 11 is 0. The first-order valence-corrected chi connectivity index (χ1v) is 8.15. The molecule has 2 aliphatic rings. The van der Waals surface area contributed by atoms with Crippen LogP contribution in [-0.2, 0) is 0 Å². The number of anilines is 1. The first kappa shape index (κ1) is 15.3. The van der Waals surface area contributed by atoms with Gasteiger partial charge in [-0.1, -0.05) is 26.8 Å². The van der Waals surface area contributed by atoms with E-state index < -0.39 is 0 Å². The molecule has 2 heterocycles. The van der Waals surface area contributed by atoms with Gasteiger partial charge in [0, 0.05) is 26.7 Å². The topological polar surface area (TPSA) is 36.4 Å². The Balaban J connectivity index is 1.86. The minimum absolute atomic E-state index is 0.0927. The fraction of sp³-hybridized carbons (Fsp3) is 0.667. The van der Waals surface area contributed by atoms with Gasteiger partial charge in [0.25, 0.3) is 5.91 Å². The SMILES string of the molecule is CN(C)c1cccc(C(=O)N2CC3(C)CC2CC(C)(C)C3)n1. The molecular weight excluding hydrogens is 274 g/mol. The third-order valence-corrected chi connectivity index (χ3v) is 5.09. The molecular formula is C18H27N3O. The van der Waals surface area contributed by atoms with Gasteiger partial charge < -0.3 is 9.80 Å². The Bertz CT molecular complexity index is 596. The molecule has 0 N–H and O–H groups in total. The highest BCUT2D eigenvalue weighted by Crippen LogP contribution is 2.52. The van der Waals surface area contributed by atoms with Crippen LogP contribution in [0.3, 0.4) is 0 Å². The number of hydrogen-bond donors (Lipinski definition) is 0. The summed E-state index contributed by atoms with van der Waals surface area (Å²) in [7, 11) is 3.89. The van der Waals surface area contributed by atoms with Crippen molar-refractivity contribution in [1.29, 1.82) is 0 Å². The van der Waals surface area contributed by atoms with Crippen LogP contribution in [0, 0.1) is 10.8 Å². The van der Waals surface area contributed by atoms with Gasteiger partial charge in [-0.3, -0.25) is 4.79 Å². The summed E-state index contributed by atoms with van der Waals surface area (Å²) < 4.78 is 0. The van der Waals surface area contributed by atoms with Crippen molar-refractivity contribution >= 4 is 11.7 Å². The first-order valence-electron chi connectivity index (χ1n) is 8.15. The lowest BCUT2D eigenvalue weighted by molar-refractivity contribution is 0.0702. The second-order valence-corrected chi connectivity index (χ2v) is 8.42. The van der Waals surface area contributed by atoms with Gasteiger partial charge in [-0.15, -0.1) is 0 Å². The maximum atomic E-state index is 13.0. The van der Waals surface area contributed by atoms with Crippen LogP contribution in [0.2, 0.25) is 0 Å². The van der Waals surface area contributed by atoms with Gasteiger partial charge in [0.15, 0.2) is 0 Å². The molecule has 1 saturated heterocycles. The Kier molecular flexibility index (Phi) is 3.46. The van der Waals surface area contributed by atoms with E-state index in [1.54, 1.807) is 0 Å². The quantitative estimate of drug-likeness (QED) is 0.842. The predicted octanol–water partition coefficient (Wildman–Crippen LogP) is 3.19. The first-order chi connectivity index (χ1) is 10.2. The van der Waals surface area contributed by atoms with Crippen LogP contribution in [0.25, 0.3) is 0 Å². The molecule has 0 spiro atoms. The van der Waals surface area contributed by atoms with Gasteiger partial charge in [-0.2, -0.15) is 0 Å². The molecule has 0 aromatic carbocycles. The molecule has 1 aromatic heterocycles. The lowest BCUT2D eigenvalue weighted by atomic mass is 9.65. The normalized spacial score (nSPS) is 29.5. The van der Waals surface area contributed by atoms with Crippen molar-refractivity contribution in [1.82, 2.24) is 9.88 Å². The summed E-state index contributed by atoms with van der Waals surface area (Å²) in [6.45, 7) is 7.86. The van der Waals surface area contributed by atoms with Crippen LogP contribution < -0.4 is 4.90 Å². The average molecular weight is 301 g/mol. The highest BCUT2D eigenvalue weighted by Gasteiger charge is 2.51. The Labute approximate surface area is 133 Å². The Hall–Kier alpha value is -1.58. The Morgan fingerprint density at radius 1 is 1.27 bits per heavy atom. The molecule has 1 aliphatic carbocycles. The highest BCUT2D eigenvalue weighted by atomic mass is 16.2. The zero-order chi connectivity index (χ0) is 16.1. The number of amides is 1. The van der Waals surface area contributed by atoms with Crippen molar-refractivity contribution in [3.63, 3.8) is 0 Å². The molecule has 2 bridgehead atoms. The maximum absolute atomic E-state index is 13.0. The number of hydrogen-bond acceptors (Lipinski definition) is 3. The summed E-state index contributed by atoms with van der Waals surface area (Å²) in [5.41, 5.74) is 1.16. The van der Waals surface area contributed by atoms with Crippen LogP contribution >= 0.6 is 0 Å². The summed E-state index contributed by atoms with van der Waals surface area (Å²) in [5.74, 6) is 0.926. The number of rotatable bonds is 2. The zero-order valence-electron chi connectivity index (χ0n) is 14.4. The molecule has 3 rings (SSSR count). The van der Waals surface area contributed by atoms with Crippen LogP contribution in [0.1, 0.15) is 50.5 Å². The van der Waals surface area contributed by atoms with Crippen LogP contribution in [0.4, 0.5) is 5.82 Å². The third kappa shape index (κ3) is 2.71. The molecule has 22 heavy (non-hydrogen) atoms. The highest BCUT2D eigenvalue weighted by molar-refractivity contribution is 5.93. The maximum Gasteiger partial charge on any atom is 0.272 e. The summed E-state index contributed by atoms with van der Waals surface area (Å²) in [5, 5.41) is 0. The Morgan fingerprint density at radius 3 is 2.68 bits per heavy atom. The van der Waals surface area contributed by atoms with Crippen LogP contribution in [-0.4, -0.2) is 42.5 Å². The zero-order valence-corrected chi connectivity index (χ0v) is 14.4. The minimum atomic E-state index is 0.0927. The largest absolute Gasteiger partial charge is 0.363 e. The monoisotopic (exact) mass is 301 g/mol. The second-order valence-electron chi connectivity index (χ2n) is 8.42. The van der Waals surface area contributed by atoms with Crippen molar-refractivity contribution in [2.75, 3.05) is 25.5 Å². The second kappa shape index (κ2) is 4.97. The predicted molar refractivity (Wildman–Crippen MR) is 89.1 cm³/mol. The van der Waals surface area contributed by atoms with E-state index in [9.17, 15) is 4.79 Å². The molecule has 1 saturated carbocycles. The van der Waals surface area contributed by atoms with Crippen LogP contribution in [0.15, 0.2) is 18.2 Å². The standard InChI is InChI=1S/C18H27N3O/c1-17(2)9-13-10-18(3,11-17)12-21(13)16(22)14-7-6-8-15(19-14)20(4)5/h6-8,13H,9-12H2,1-5H3. The Morgan fingerprint density at radius 2 is 2.00 bits per heavy atom. The minimum Gasteiger partial charge on any atom is -0.363 e. The average Bonchev–Trinajstić information content (AvgIpc) is 2.67. The van der Waals surface area contributed by atoms with Crippen molar-refractivity contribution in [2.24, 2.45) is 10.8 Å². The number of likely N-dealkylation sites (tertiary alicyclic amines) is 1. The summed E-state index contributed by atoms with van der Waals surface area (Å²) in [4.78, 5) is 21.5. The van der Waals surface area contributed by atoms with E-state index in [-0.39, 0.29) is 11.3 Å². The molecule has 1 aliphatic heterocycles. The molecule has 2 fully saturated rings. The van der Waals surface area contributed by atoms with E-state index in [1.165, 1.54) is 6.42 Å². The van der Waals surface area contributed by atoms with Gasteiger partial charge in [0.1, 0.15) is 11.5 Å². The van der Waals surface area contributed by atoms with Gasteiger partial charge >= 0.3 is 0 Å². The summed E-state index contributed by atoms with van der Waals surface area (Å²) in [6.07, 6.45) is 3.43. The van der Waals surface area contributed by atoms with E-state index in [0.717, 1.165) is 25.2 Å². The number of nitrogens with zero attached hydrogens (tertiary/aromatic N) is 3. The molecule has 2 unspecified atom stereocenters. The smallest absolute Gasteiger partial charge is 0.272 e. The fourth-order valence-corrected chi connectivity index (χ4v) is 4.64. The van der Waals surface area contributed by atoms with Crippen molar-refractivity contribution < 1.29 is 4.79 Å². The van der Waals surface area contributed by atoms with E-state index in [0.29, 0.717) is 17.2 Å². The number of pyridine rings is 1. The molecule has 120 valence electrons. The number of carbonyl (C=O) groups excluding carboxylic acids is 1. The van der Waals surface area contributed by atoms with Gasteiger partial charge in [-0.25, -0.2) is 4.98 Å². The van der Waals surface area contributed by atoms with Crippen molar-refractivity contribution in [3.05, 3.63) is 23.9 Å². The molecule has 2 atom stereocenters. The summed E-state index contributed by atoms with van der Waals surface area (Å²) in [6, 6.07) is 6.06. The van der Waals surface area contributed by atoms with E-state index >= 15 is 0 Å². The van der Waals surface area contributed by atoms with E-state index in [4.69, 9.17) is 0 Å². The molecule has 1 amide bonds. The third-order valence-electron chi connectivity index (χ3n) is 5.09. The number of fused-ring (bicyclic) bond motifs is 2. The van der Waals surface area contributed by atoms with Gasteiger partial charge in [0.2, 0.25) is 0 Å². The van der Waals surface area contributed by atoms with Crippen molar-refractivity contribution in [3.8, 4) is 0 Å². The molecule has 0 radical (unpaired) electrons. The number of aromatic nitrogens is 1. The van der Waals surface area contributed by atoms with E-state index in [2.05, 4.69) is 30.7 Å². The van der Waals surface area contributed by atoms with Gasteiger partial charge in [0.05, 0.1) is 0 Å². The van der Waals surface area contributed by atoms with Gasteiger partial charge in [-0.05, 0) is 42.2 Å². The fourth-order valence-electron chi connectivity index (χ4n) is 4.64. The molecule has 4 nitrogen and oxygen atoms in total. The van der Waals surface area contributed by atoms with E-state index in [1.807, 2.05) is 37.2 Å². The molecule has 4 heteroatoms. The lowest BCUT2D eigenvalue weighted by Crippen LogP contribution is -2.38. The van der Waals surface area contributed by atoms with Crippen molar-refractivity contribution in [2.45, 2.75) is 46.1 Å².